The second-order valence-corrected chi connectivity index (χ2v) is 6.70. The van der Waals surface area contributed by atoms with Gasteiger partial charge in [-0.3, -0.25) is 0 Å². The van der Waals surface area contributed by atoms with Crippen LogP contribution in [0.2, 0.25) is 0 Å². The average molecular weight is 433 g/mol. The van der Waals surface area contributed by atoms with Crippen LogP contribution in [0.25, 0.3) is 0 Å². The Kier molecular flexibility index (Phi) is 7.67. The van der Waals surface area contributed by atoms with Gasteiger partial charge in [-0.2, -0.15) is 18.2 Å². The zero-order chi connectivity index (χ0) is 20.2. The number of alkyl halides is 3. The van der Waals surface area contributed by atoms with Gasteiger partial charge in [0.2, 0.25) is 11.8 Å². The van der Waals surface area contributed by atoms with Crippen LogP contribution in [0.15, 0.2) is 43.2 Å². The monoisotopic (exact) mass is 432 g/mol. The molecule has 29 heavy (non-hydrogen) atoms. The second-order valence-electron chi connectivity index (χ2n) is 6.70. The molecular weight excluding hydrogens is 409 g/mol. The number of nitrogens with one attached hydrogen (secondary N) is 1. The molecule has 6 nitrogen and oxygen atoms in total. The maximum atomic E-state index is 13.3. The third-order valence-electron chi connectivity index (χ3n) is 4.78. The summed E-state index contributed by atoms with van der Waals surface area (Å²) < 4.78 is 51.3. The molecule has 0 aliphatic carbocycles. The third kappa shape index (κ3) is 5.71. The molecule has 2 aliphatic heterocycles. The molecule has 1 aromatic heterocycles. The highest BCUT2D eigenvalue weighted by Crippen LogP contribution is 2.33. The van der Waals surface area contributed by atoms with Gasteiger partial charge in [0.1, 0.15) is 5.76 Å². The van der Waals surface area contributed by atoms with Crippen LogP contribution in [0, 0.1) is 0 Å². The van der Waals surface area contributed by atoms with Crippen LogP contribution in [0.3, 0.4) is 0 Å². The van der Waals surface area contributed by atoms with Crippen LogP contribution >= 0.6 is 12.4 Å². The Morgan fingerprint density at radius 1 is 1.28 bits per heavy atom. The molecule has 1 aromatic rings. The smallest absolute Gasteiger partial charge is 0.433 e. The van der Waals surface area contributed by atoms with Gasteiger partial charge in [0.15, 0.2) is 5.69 Å². The Labute approximate surface area is 173 Å². The van der Waals surface area contributed by atoms with E-state index in [1.54, 1.807) is 4.90 Å². The van der Waals surface area contributed by atoms with E-state index in [9.17, 15) is 13.2 Å². The maximum absolute atomic E-state index is 13.3. The number of morpholine rings is 1. The average Bonchev–Trinajstić information content (AvgIpc) is 2.68. The van der Waals surface area contributed by atoms with E-state index in [2.05, 4.69) is 28.4 Å². The van der Waals surface area contributed by atoms with E-state index in [1.165, 1.54) is 18.2 Å². The number of hydrogen-bond acceptors (Lipinski definition) is 6. The van der Waals surface area contributed by atoms with Crippen LogP contribution in [-0.2, 0) is 10.9 Å². The predicted molar refractivity (Wildman–Crippen MR) is 106 cm³/mol. The van der Waals surface area contributed by atoms with E-state index < -0.39 is 11.9 Å². The number of ether oxygens (including phenoxy) is 2. The Balaban J connectivity index is 0.00000300. The minimum absolute atomic E-state index is 0. The lowest BCUT2D eigenvalue weighted by molar-refractivity contribution is -0.141. The lowest BCUT2D eigenvalue weighted by atomic mass is 9.90. The van der Waals surface area contributed by atoms with E-state index in [1.807, 2.05) is 0 Å². The minimum Gasteiger partial charge on any atom is -0.439 e. The van der Waals surface area contributed by atoms with Crippen LogP contribution in [0.1, 0.15) is 18.5 Å². The third-order valence-corrected chi connectivity index (χ3v) is 4.78. The Morgan fingerprint density at radius 2 is 2.00 bits per heavy atom. The van der Waals surface area contributed by atoms with Crippen molar-refractivity contribution in [1.82, 2.24) is 15.3 Å². The summed E-state index contributed by atoms with van der Waals surface area (Å²) in [7, 11) is 0. The van der Waals surface area contributed by atoms with Gasteiger partial charge in [-0.25, -0.2) is 4.98 Å². The highest BCUT2D eigenvalue weighted by atomic mass is 35.5. The van der Waals surface area contributed by atoms with Crippen molar-refractivity contribution in [2.75, 3.05) is 37.7 Å². The Bertz CT molecular complexity index is 754. The van der Waals surface area contributed by atoms with Crippen LogP contribution in [0.5, 0.6) is 5.88 Å². The van der Waals surface area contributed by atoms with Gasteiger partial charge in [-0.15, -0.1) is 12.4 Å². The molecule has 2 fully saturated rings. The zero-order valence-electron chi connectivity index (χ0n) is 15.9. The number of nitrogens with zero attached hydrogens (tertiary/aromatic N) is 3. The van der Waals surface area contributed by atoms with Crippen molar-refractivity contribution in [3.05, 3.63) is 48.9 Å². The summed E-state index contributed by atoms with van der Waals surface area (Å²) in [5.41, 5.74) is -1.32. The molecule has 1 spiro atoms. The van der Waals surface area contributed by atoms with Crippen molar-refractivity contribution < 1.29 is 22.6 Å². The predicted octanol–water partition coefficient (Wildman–Crippen LogP) is 3.51. The van der Waals surface area contributed by atoms with E-state index >= 15 is 0 Å². The van der Waals surface area contributed by atoms with Crippen molar-refractivity contribution in [1.29, 1.82) is 0 Å². The number of halogens is 4. The van der Waals surface area contributed by atoms with E-state index in [-0.39, 0.29) is 35.6 Å². The summed E-state index contributed by atoms with van der Waals surface area (Å²) in [6.45, 7) is 10.3. The molecule has 0 aromatic carbocycles. The molecule has 0 saturated carbocycles. The van der Waals surface area contributed by atoms with Gasteiger partial charge in [0.05, 0.1) is 12.2 Å². The first-order chi connectivity index (χ1) is 13.3. The van der Waals surface area contributed by atoms with Gasteiger partial charge in [-0.05, 0) is 25.0 Å². The number of hydrogen-bond donors (Lipinski definition) is 1. The fourth-order valence-corrected chi connectivity index (χ4v) is 3.27. The van der Waals surface area contributed by atoms with Crippen LogP contribution in [0.4, 0.5) is 19.1 Å². The molecule has 2 saturated heterocycles. The highest BCUT2D eigenvalue weighted by Gasteiger charge is 2.39. The second kappa shape index (κ2) is 9.60. The summed E-state index contributed by atoms with van der Waals surface area (Å²) in [4.78, 5) is 9.65. The molecule has 1 N–H and O–H groups in total. The van der Waals surface area contributed by atoms with E-state index in [0.717, 1.165) is 19.2 Å². The van der Waals surface area contributed by atoms with Crippen molar-refractivity contribution in [2.45, 2.75) is 24.6 Å². The summed E-state index contributed by atoms with van der Waals surface area (Å²) in [6, 6.07) is 0.781. The number of aromatic nitrogens is 2. The lowest BCUT2D eigenvalue weighted by Crippen LogP contribution is -2.55. The summed E-state index contributed by atoms with van der Waals surface area (Å²) in [6.07, 6.45) is 1.06. The van der Waals surface area contributed by atoms with E-state index in [4.69, 9.17) is 9.47 Å². The number of anilines is 1. The quantitative estimate of drug-likeness (QED) is 0.567. The first-order valence-electron chi connectivity index (χ1n) is 9.04. The molecule has 3 heterocycles. The van der Waals surface area contributed by atoms with Gasteiger partial charge in [0, 0.05) is 32.2 Å². The van der Waals surface area contributed by atoms with Crippen LogP contribution < -0.4 is 15.0 Å². The molecule has 0 bridgehead atoms. The molecule has 10 heteroatoms. The Morgan fingerprint density at radius 3 is 2.55 bits per heavy atom. The largest absolute Gasteiger partial charge is 0.439 e. The molecule has 0 unspecified atom stereocenters. The van der Waals surface area contributed by atoms with Gasteiger partial charge < -0.3 is 19.7 Å². The Hall–Kier alpha value is -2.10. The number of rotatable bonds is 5. The first-order valence-corrected chi connectivity index (χ1v) is 9.04. The SMILES string of the molecule is C=C/C=C(\C=C)Oc1cc(C(F)(F)F)nc(N2CCC3(CC2)CNCCO3)n1.Cl. The van der Waals surface area contributed by atoms with Gasteiger partial charge in [0.25, 0.3) is 0 Å². The molecule has 0 radical (unpaired) electrons. The molecule has 2 aliphatic rings. The van der Waals surface area contributed by atoms with E-state index in [0.29, 0.717) is 32.5 Å². The maximum Gasteiger partial charge on any atom is 0.433 e. The molecule has 0 atom stereocenters. The summed E-state index contributed by atoms with van der Waals surface area (Å²) in [5, 5.41) is 3.31. The fourth-order valence-electron chi connectivity index (χ4n) is 3.27. The van der Waals surface area contributed by atoms with Gasteiger partial charge >= 0.3 is 6.18 Å². The van der Waals surface area contributed by atoms with Crippen molar-refractivity contribution >= 4 is 18.4 Å². The van der Waals surface area contributed by atoms with Crippen molar-refractivity contribution in [3.63, 3.8) is 0 Å². The van der Waals surface area contributed by atoms with Gasteiger partial charge in [-0.1, -0.05) is 19.2 Å². The van der Waals surface area contributed by atoms with Crippen molar-refractivity contribution in [2.24, 2.45) is 0 Å². The van der Waals surface area contributed by atoms with Crippen molar-refractivity contribution in [3.8, 4) is 5.88 Å². The number of piperidine rings is 1. The lowest BCUT2D eigenvalue weighted by Gasteiger charge is -2.44. The highest BCUT2D eigenvalue weighted by molar-refractivity contribution is 5.85. The molecule has 160 valence electrons. The molecule has 0 amide bonds. The number of allylic oxidation sites excluding steroid dienone is 3. The normalized spacial score (nSPS) is 19.4. The molecule has 3 rings (SSSR count). The molecular formula is C19H24ClF3N4O2. The summed E-state index contributed by atoms with van der Waals surface area (Å²) >= 11 is 0. The first kappa shape index (κ1) is 23.2. The zero-order valence-corrected chi connectivity index (χ0v) is 16.7. The standard InChI is InChI=1S/C19H23F3N4O2.ClH/c1-3-5-14(4-2)28-16-12-15(19(20,21)22)24-17(25-16)26-9-6-18(7-10-26)13-23-8-11-27-18;/h3-5,12,23H,1-2,6-11,13H2;1H/b14-5+;. The fraction of sp³-hybridized carbons (Fsp3) is 0.474. The van der Waals surface area contributed by atoms with Crippen LogP contribution in [-0.4, -0.2) is 48.4 Å². The minimum atomic E-state index is -4.61. The topological polar surface area (TPSA) is 59.5 Å². The summed E-state index contributed by atoms with van der Waals surface area (Å²) in [5.74, 6) is 0.0405.